The molecule has 3 rings (SSSR count). The lowest BCUT2D eigenvalue weighted by Gasteiger charge is -2.12. The van der Waals surface area contributed by atoms with Gasteiger partial charge >= 0.3 is 0 Å². The van der Waals surface area contributed by atoms with E-state index in [1.807, 2.05) is 38.1 Å². The fourth-order valence-electron chi connectivity index (χ4n) is 2.91. The Labute approximate surface area is 168 Å². The van der Waals surface area contributed by atoms with Crippen LogP contribution in [0.25, 0.3) is 5.69 Å². The Balaban J connectivity index is 1.85. The lowest BCUT2D eigenvalue weighted by molar-refractivity contribution is -0.114. The zero-order valence-corrected chi connectivity index (χ0v) is 16.8. The molecule has 0 fully saturated rings. The first-order valence-electron chi connectivity index (χ1n) is 9.18. The Hall–Kier alpha value is -3.68. The van der Waals surface area contributed by atoms with Crippen molar-refractivity contribution in [2.45, 2.75) is 26.7 Å². The number of methoxy groups -OCH3 is 1. The number of benzene rings is 2. The molecule has 3 aromatic rings. The molecule has 0 atom stereocenters. The van der Waals surface area contributed by atoms with Crippen LogP contribution in [0.4, 0.5) is 11.4 Å². The van der Waals surface area contributed by atoms with Gasteiger partial charge in [0.1, 0.15) is 5.75 Å². The van der Waals surface area contributed by atoms with Crippen LogP contribution in [0.5, 0.6) is 5.75 Å². The number of aromatic nitrogens is 3. The first kappa shape index (κ1) is 20.1. The molecule has 0 spiro atoms. The fourth-order valence-corrected chi connectivity index (χ4v) is 2.91. The number of anilines is 2. The van der Waals surface area contributed by atoms with Crippen molar-refractivity contribution in [3.8, 4) is 11.4 Å². The predicted molar refractivity (Wildman–Crippen MR) is 111 cm³/mol. The number of rotatable bonds is 6. The molecule has 2 N–H and O–H groups in total. The largest absolute Gasteiger partial charge is 0.497 e. The maximum atomic E-state index is 12.8. The quantitative estimate of drug-likeness (QED) is 0.667. The van der Waals surface area contributed by atoms with E-state index < -0.39 is 0 Å². The highest BCUT2D eigenvalue weighted by Gasteiger charge is 2.23. The van der Waals surface area contributed by atoms with Crippen LogP contribution >= 0.6 is 0 Å². The zero-order valence-electron chi connectivity index (χ0n) is 16.8. The summed E-state index contributed by atoms with van der Waals surface area (Å²) in [4.78, 5) is 23.9. The van der Waals surface area contributed by atoms with Gasteiger partial charge < -0.3 is 15.4 Å². The van der Waals surface area contributed by atoms with Gasteiger partial charge in [0.25, 0.3) is 5.91 Å². The van der Waals surface area contributed by atoms with Gasteiger partial charge in [-0.05, 0) is 54.4 Å². The van der Waals surface area contributed by atoms with Gasteiger partial charge in [-0.15, -0.1) is 5.10 Å². The van der Waals surface area contributed by atoms with Crippen LogP contribution in [0.15, 0.2) is 48.5 Å². The lowest BCUT2D eigenvalue weighted by Crippen LogP contribution is -2.16. The molecule has 0 saturated heterocycles. The third-order valence-corrected chi connectivity index (χ3v) is 4.25. The topological polar surface area (TPSA) is 98.1 Å². The van der Waals surface area contributed by atoms with E-state index in [0.717, 1.165) is 11.4 Å². The molecule has 8 heteroatoms. The second-order valence-electron chi connectivity index (χ2n) is 6.80. The molecule has 0 saturated carbocycles. The number of ether oxygens (including phenoxy) is 1. The van der Waals surface area contributed by atoms with E-state index in [4.69, 9.17) is 4.74 Å². The summed E-state index contributed by atoms with van der Waals surface area (Å²) < 4.78 is 6.86. The highest BCUT2D eigenvalue weighted by molar-refractivity contribution is 6.04. The van der Waals surface area contributed by atoms with Gasteiger partial charge in [-0.25, -0.2) is 4.68 Å². The molecule has 2 aromatic carbocycles. The standard InChI is InChI=1S/C21H23N5O3/c1-13(2)20-19(24-25-26(20)17-9-11-18(29-4)12-10-17)21(28)23-16-7-5-15(6-8-16)22-14(3)27/h5-13H,1-4H3,(H,22,27)(H,23,28). The highest BCUT2D eigenvalue weighted by atomic mass is 16.5. The van der Waals surface area contributed by atoms with Gasteiger partial charge in [0.05, 0.1) is 18.5 Å². The van der Waals surface area contributed by atoms with Crippen molar-refractivity contribution in [3.63, 3.8) is 0 Å². The summed E-state index contributed by atoms with van der Waals surface area (Å²) >= 11 is 0. The molecule has 0 aliphatic rings. The molecule has 0 unspecified atom stereocenters. The van der Waals surface area contributed by atoms with Crippen LogP contribution in [0, 0.1) is 0 Å². The van der Waals surface area contributed by atoms with Crippen molar-refractivity contribution >= 4 is 23.2 Å². The van der Waals surface area contributed by atoms with Gasteiger partial charge in [0.2, 0.25) is 5.91 Å². The van der Waals surface area contributed by atoms with Crippen molar-refractivity contribution in [2.75, 3.05) is 17.7 Å². The molecule has 0 aliphatic carbocycles. The first-order valence-corrected chi connectivity index (χ1v) is 9.18. The summed E-state index contributed by atoms with van der Waals surface area (Å²) in [6, 6.07) is 14.3. The average molecular weight is 393 g/mol. The van der Waals surface area contributed by atoms with E-state index >= 15 is 0 Å². The number of amides is 2. The van der Waals surface area contributed by atoms with Crippen molar-refractivity contribution in [1.82, 2.24) is 15.0 Å². The number of carbonyl (C=O) groups is 2. The molecule has 0 bridgehead atoms. The smallest absolute Gasteiger partial charge is 0.278 e. The molecule has 0 radical (unpaired) electrons. The van der Waals surface area contributed by atoms with E-state index in [1.54, 1.807) is 36.1 Å². The number of carbonyl (C=O) groups excluding carboxylic acids is 2. The maximum absolute atomic E-state index is 12.8. The van der Waals surface area contributed by atoms with Crippen molar-refractivity contribution < 1.29 is 14.3 Å². The van der Waals surface area contributed by atoms with Gasteiger partial charge in [-0.2, -0.15) is 0 Å². The Morgan fingerprint density at radius 2 is 1.55 bits per heavy atom. The maximum Gasteiger partial charge on any atom is 0.278 e. The average Bonchev–Trinajstić information content (AvgIpc) is 3.15. The number of nitrogens with zero attached hydrogens (tertiary/aromatic N) is 3. The van der Waals surface area contributed by atoms with Gasteiger partial charge in [-0.1, -0.05) is 19.1 Å². The normalized spacial score (nSPS) is 10.7. The van der Waals surface area contributed by atoms with Crippen LogP contribution in [0.1, 0.15) is 42.9 Å². The molecule has 29 heavy (non-hydrogen) atoms. The first-order chi connectivity index (χ1) is 13.9. The minimum atomic E-state index is -0.347. The Morgan fingerprint density at radius 3 is 2.07 bits per heavy atom. The fraction of sp³-hybridized carbons (Fsp3) is 0.238. The third kappa shape index (κ3) is 4.60. The van der Waals surface area contributed by atoms with Gasteiger partial charge in [0, 0.05) is 18.3 Å². The predicted octanol–water partition coefficient (Wildman–Crippen LogP) is 3.61. The van der Waals surface area contributed by atoms with Crippen LogP contribution < -0.4 is 15.4 Å². The van der Waals surface area contributed by atoms with Gasteiger partial charge in [0.15, 0.2) is 5.69 Å². The summed E-state index contributed by atoms with van der Waals surface area (Å²) in [5, 5.41) is 13.8. The summed E-state index contributed by atoms with van der Waals surface area (Å²) in [6.45, 7) is 5.41. The summed E-state index contributed by atoms with van der Waals surface area (Å²) in [7, 11) is 1.61. The van der Waals surface area contributed by atoms with E-state index in [0.29, 0.717) is 17.1 Å². The molecule has 1 aromatic heterocycles. The van der Waals surface area contributed by atoms with E-state index in [1.165, 1.54) is 6.92 Å². The third-order valence-electron chi connectivity index (χ3n) is 4.25. The van der Waals surface area contributed by atoms with E-state index in [9.17, 15) is 9.59 Å². The molecule has 1 heterocycles. The Bertz CT molecular complexity index is 1010. The van der Waals surface area contributed by atoms with Crippen molar-refractivity contribution in [1.29, 1.82) is 0 Å². The van der Waals surface area contributed by atoms with Crippen molar-refractivity contribution in [3.05, 3.63) is 59.9 Å². The molecular weight excluding hydrogens is 370 g/mol. The Kier molecular flexibility index (Phi) is 5.92. The second kappa shape index (κ2) is 8.55. The molecule has 8 nitrogen and oxygen atoms in total. The highest BCUT2D eigenvalue weighted by Crippen LogP contribution is 2.24. The molecule has 0 aliphatic heterocycles. The summed E-state index contributed by atoms with van der Waals surface area (Å²) in [6.07, 6.45) is 0. The summed E-state index contributed by atoms with van der Waals surface area (Å²) in [5.74, 6) is 0.259. The molecule has 150 valence electrons. The van der Waals surface area contributed by atoms with Crippen LogP contribution in [0.2, 0.25) is 0 Å². The Morgan fingerprint density at radius 1 is 0.966 bits per heavy atom. The van der Waals surface area contributed by atoms with Crippen LogP contribution in [-0.4, -0.2) is 33.9 Å². The number of hydrogen-bond donors (Lipinski definition) is 2. The summed E-state index contributed by atoms with van der Waals surface area (Å²) in [5.41, 5.74) is 3.02. The van der Waals surface area contributed by atoms with Crippen LogP contribution in [0.3, 0.4) is 0 Å². The second-order valence-corrected chi connectivity index (χ2v) is 6.80. The minimum Gasteiger partial charge on any atom is -0.497 e. The number of hydrogen-bond acceptors (Lipinski definition) is 5. The monoisotopic (exact) mass is 393 g/mol. The van der Waals surface area contributed by atoms with E-state index in [-0.39, 0.29) is 23.4 Å². The molecule has 2 amide bonds. The van der Waals surface area contributed by atoms with Crippen molar-refractivity contribution in [2.24, 2.45) is 0 Å². The van der Waals surface area contributed by atoms with E-state index in [2.05, 4.69) is 20.9 Å². The zero-order chi connectivity index (χ0) is 21.0. The SMILES string of the molecule is COc1ccc(-n2nnc(C(=O)Nc3ccc(NC(C)=O)cc3)c2C(C)C)cc1. The molecular formula is C21H23N5O3. The number of nitrogens with one attached hydrogen (secondary N) is 2. The minimum absolute atomic E-state index is 0.0231. The van der Waals surface area contributed by atoms with Gasteiger partial charge in [-0.3, -0.25) is 9.59 Å². The lowest BCUT2D eigenvalue weighted by atomic mass is 10.1. The van der Waals surface area contributed by atoms with Crippen LogP contribution in [-0.2, 0) is 4.79 Å².